The zero-order valence-electron chi connectivity index (χ0n) is 10.8. The third kappa shape index (κ3) is 3.68. The van der Waals surface area contributed by atoms with E-state index in [0.29, 0.717) is 12.0 Å². The summed E-state index contributed by atoms with van der Waals surface area (Å²) < 4.78 is 0. The molecule has 1 saturated heterocycles. The van der Waals surface area contributed by atoms with E-state index >= 15 is 0 Å². The van der Waals surface area contributed by atoms with Crippen LogP contribution in [-0.4, -0.2) is 42.5 Å². The SMILES string of the molecule is CC(C(=O)NC1CC1)N1CCCC(CCN)C1. The van der Waals surface area contributed by atoms with Crippen molar-refractivity contribution in [3.63, 3.8) is 0 Å². The molecular weight excluding hydrogens is 214 g/mol. The van der Waals surface area contributed by atoms with Gasteiger partial charge in [0.2, 0.25) is 5.91 Å². The van der Waals surface area contributed by atoms with Gasteiger partial charge in [0, 0.05) is 12.6 Å². The minimum absolute atomic E-state index is 0.0242. The van der Waals surface area contributed by atoms with E-state index in [9.17, 15) is 4.79 Å². The summed E-state index contributed by atoms with van der Waals surface area (Å²) in [5.41, 5.74) is 5.62. The summed E-state index contributed by atoms with van der Waals surface area (Å²) in [4.78, 5) is 14.3. The van der Waals surface area contributed by atoms with Crippen LogP contribution in [0.2, 0.25) is 0 Å². The molecule has 0 aromatic carbocycles. The van der Waals surface area contributed by atoms with E-state index in [-0.39, 0.29) is 11.9 Å². The van der Waals surface area contributed by atoms with E-state index < -0.39 is 0 Å². The third-order valence-electron chi connectivity index (χ3n) is 3.98. The number of piperidine rings is 1. The molecule has 2 atom stereocenters. The second-order valence-corrected chi connectivity index (χ2v) is 5.54. The average Bonchev–Trinajstić information content (AvgIpc) is 3.13. The lowest BCUT2D eigenvalue weighted by atomic mass is 9.94. The Labute approximate surface area is 104 Å². The Morgan fingerprint density at radius 1 is 1.47 bits per heavy atom. The van der Waals surface area contributed by atoms with Gasteiger partial charge in [-0.2, -0.15) is 0 Å². The van der Waals surface area contributed by atoms with Gasteiger partial charge in [-0.15, -0.1) is 0 Å². The van der Waals surface area contributed by atoms with Crippen LogP contribution in [0.15, 0.2) is 0 Å². The van der Waals surface area contributed by atoms with Crippen LogP contribution in [0.5, 0.6) is 0 Å². The number of amides is 1. The number of hydrogen-bond acceptors (Lipinski definition) is 3. The highest BCUT2D eigenvalue weighted by molar-refractivity contribution is 5.81. The normalized spacial score (nSPS) is 27.8. The molecule has 3 N–H and O–H groups in total. The summed E-state index contributed by atoms with van der Waals surface area (Å²) in [5.74, 6) is 0.894. The molecule has 1 amide bonds. The lowest BCUT2D eigenvalue weighted by Gasteiger charge is -2.36. The molecule has 0 bridgehead atoms. The molecule has 4 heteroatoms. The van der Waals surface area contributed by atoms with Crippen molar-refractivity contribution >= 4 is 5.91 Å². The monoisotopic (exact) mass is 239 g/mol. The van der Waals surface area contributed by atoms with Gasteiger partial charge in [-0.25, -0.2) is 0 Å². The van der Waals surface area contributed by atoms with Crippen LogP contribution in [0.25, 0.3) is 0 Å². The molecule has 17 heavy (non-hydrogen) atoms. The van der Waals surface area contributed by atoms with E-state index in [1.54, 1.807) is 0 Å². The lowest BCUT2D eigenvalue weighted by molar-refractivity contribution is -0.126. The summed E-state index contributed by atoms with van der Waals surface area (Å²) in [7, 11) is 0. The van der Waals surface area contributed by atoms with Crippen LogP contribution >= 0.6 is 0 Å². The second-order valence-electron chi connectivity index (χ2n) is 5.54. The molecule has 1 aliphatic heterocycles. The zero-order valence-corrected chi connectivity index (χ0v) is 10.8. The Morgan fingerprint density at radius 3 is 2.88 bits per heavy atom. The van der Waals surface area contributed by atoms with E-state index in [4.69, 9.17) is 5.73 Å². The highest BCUT2D eigenvalue weighted by Gasteiger charge is 2.30. The lowest BCUT2D eigenvalue weighted by Crippen LogP contribution is -2.49. The minimum Gasteiger partial charge on any atom is -0.352 e. The van der Waals surface area contributed by atoms with Crippen molar-refractivity contribution in [3.05, 3.63) is 0 Å². The fourth-order valence-corrected chi connectivity index (χ4v) is 2.64. The minimum atomic E-state index is 0.0242. The largest absolute Gasteiger partial charge is 0.352 e. The van der Waals surface area contributed by atoms with Crippen molar-refractivity contribution in [1.29, 1.82) is 0 Å². The van der Waals surface area contributed by atoms with Gasteiger partial charge in [0.15, 0.2) is 0 Å². The maximum absolute atomic E-state index is 12.0. The Kier molecular flexibility index (Phi) is 4.40. The molecule has 2 rings (SSSR count). The zero-order chi connectivity index (χ0) is 12.3. The van der Waals surface area contributed by atoms with E-state index in [1.165, 1.54) is 12.8 Å². The van der Waals surface area contributed by atoms with Gasteiger partial charge in [0.05, 0.1) is 6.04 Å². The molecule has 98 valence electrons. The Morgan fingerprint density at radius 2 is 2.24 bits per heavy atom. The third-order valence-corrected chi connectivity index (χ3v) is 3.98. The smallest absolute Gasteiger partial charge is 0.237 e. The number of hydrogen-bond donors (Lipinski definition) is 2. The molecule has 1 saturated carbocycles. The molecule has 2 aliphatic rings. The van der Waals surface area contributed by atoms with Crippen LogP contribution < -0.4 is 11.1 Å². The number of carbonyl (C=O) groups is 1. The van der Waals surface area contributed by atoms with Crippen LogP contribution in [0, 0.1) is 5.92 Å². The maximum atomic E-state index is 12.0. The van der Waals surface area contributed by atoms with Gasteiger partial charge in [0.25, 0.3) is 0 Å². The van der Waals surface area contributed by atoms with Gasteiger partial charge in [0.1, 0.15) is 0 Å². The average molecular weight is 239 g/mol. The highest BCUT2D eigenvalue weighted by Crippen LogP contribution is 2.22. The number of nitrogens with zero attached hydrogens (tertiary/aromatic N) is 1. The molecule has 0 radical (unpaired) electrons. The fourth-order valence-electron chi connectivity index (χ4n) is 2.64. The van der Waals surface area contributed by atoms with Crippen molar-refractivity contribution in [3.8, 4) is 0 Å². The summed E-state index contributed by atoms with van der Waals surface area (Å²) >= 11 is 0. The predicted molar refractivity (Wildman–Crippen MR) is 68.6 cm³/mol. The fraction of sp³-hybridized carbons (Fsp3) is 0.923. The first-order valence-electron chi connectivity index (χ1n) is 6.95. The van der Waals surface area contributed by atoms with Crippen LogP contribution in [-0.2, 0) is 4.79 Å². The van der Waals surface area contributed by atoms with Crippen LogP contribution in [0.4, 0.5) is 0 Å². The summed E-state index contributed by atoms with van der Waals surface area (Å²) in [5, 5.41) is 3.09. The quantitative estimate of drug-likeness (QED) is 0.743. The molecule has 1 aliphatic carbocycles. The second kappa shape index (κ2) is 5.83. The van der Waals surface area contributed by atoms with E-state index in [0.717, 1.165) is 38.9 Å². The van der Waals surface area contributed by atoms with Gasteiger partial charge < -0.3 is 11.1 Å². The molecule has 4 nitrogen and oxygen atoms in total. The molecular formula is C13H25N3O. The summed E-state index contributed by atoms with van der Waals surface area (Å²) in [6, 6.07) is 0.491. The Hall–Kier alpha value is -0.610. The van der Waals surface area contributed by atoms with Crippen molar-refractivity contribution in [1.82, 2.24) is 10.2 Å². The topological polar surface area (TPSA) is 58.4 Å². The maximum Gasteiger partial charge on any atom is 0.237 e. The van der Waals surface area contributed by atoms with Gasteiger partial charge >= 0.3 is 0 Å². The number of rotatable bonds is 5. The molecule has 0 spiro atoms. The first kappa shape index (κ1) is 12.8. The Balaban J connectivity index is 1.80. The number of likely N-dealkylation sites (tertiary alicyclic amines) is 1. The molecule has 0 aromatic rings. The first-order chi connectivity index (χ1) is 8.20. The van der Waals surface area contributed by atoms with Crippen molar-refractivity contribution < 1.29 is 4.79 Å². The van der Waals surface area contributed by atoms with Gasteiger partial charge in [-0.05, 0) is 58.0 Å². The Bertz CT molecular complexity index is 263. The summed E-state index contributed by atoms with van der Waals surface area (Å²) in [6.45, 7) is 4.89. The van der Waals surface area contributed by atoms with Gasteiger partial charge in [-0.3, -0.25) is 9.69 Å². The van der Waals surface area contributed by atoms with E-state index in [2.05, 4.69) is 10.2 Å². The summed E-state index contributed by atoms with van der Waals surface area (Å²) in [6.07, 6.45) is 5.88. The highest BCUT2D eigenvalue weighted by atomic mass is 16.2. The van der Waals surface area contributed by atoms with Gasteiger partial charge in [-0.1, -0.05) is 0 Å². The number of nitrogens with one attached hydrogen (secondary N) is 1. The molecule has 0 aromatic heterocycles. The van der Waals surface area contributed by atoms with Crippen molar-refractivity contribution in [2.24, 2.45) is 11.7 Å². The molecule has 1 heterocycles. The predicted octanol–water partition coefficient (Wildman–Crippen LogP) is 0.714. The first-order valence-corrected chi connectivity index (χ1v) is 6.95. The van der Waals surface area contributed by atoms with Crippen molar-refractivity contribution in [2.75, 3.05) is 19.6 Å². The van der Waals surface area contributed by atoms with Crippen LogP contribution in [0.3, 0.4) is 0 Å². The van der Waals surface area contributed by atoms with Crippen molar-refractivity contribution in [2.45, 2.75) is 51.1 Å². The van der Waals surface area contributed by atoms with E-state index in [1.807, 2.05) is 6.92 Å². The molecule has 2 fully saturated rings. The number of nitrogens with two attached hydrogens (primary N) is 1. The van der Waals surface area contributed by atoms with Crippen LogP contribution in [0.1, 0.15) is 39.0 Å². The number of carbonyl (C=O) groups excluding carboxylic acids is 1. The molecule has 2 unspecified atom stereocenters. The standard InChI is InChI=1S/C13H25N3O/c1-10(13(17)15-12-4-5-12)16-8-2-3-11(9-16)6-7-14/h10-12H,2-9,14H2,1H3,(H,15,17).